The van der Waals surface area contributed by atoms with Gasteiger partial charge in [0.1, 0.15) is 23.2 Å². The van der Waals surface area contributed by atoms with Crippen molar-refractivity contribution in [2.45, 2.75) is 51.6 Å². The number of amides is 1. The molecule has 1 aliphatic rings. The number of carbonyl (C=O) groups excluding carboxylic acids is 1. The lowest BCUT2D eigenvalue weighted by Gasteiger charge is -2.34. The van der Waals surface area contributed by atoms with Crippen molar-refractivity contribution < 1.29 is 22.3 Å². The average molecular weight is 592 g/mol. The van der Waals surface area contributed by atoms with E-state index in [1.807, 2.05) is 32.6 Å². The summed E-state index contributed by atoms with van der Waals surface area (Å²) in [6.07, 6.45) is 0.846. The molecule has 2 aromatic heterocycles. The van der Waals surface area contributed by atoms with Crippen LogP contribution in [0.15, 0.2) is 53.6 Å². The van der Waals surface area contributed by atoms with Crippen LogP contribution in [-0.4, -0.2) is 43.0 Å². The minimum atomic E-state index is -4.30. The van der Waals surface area contributed by atoms with Gasteiger partial charge in [-0.15, -0.1) is 12.4 Å². The van der Waals surface area contributed by atoms with Gasteiger partial charge in [-0.3, -0.25) is 4.79 Å². The van der Waals surface area contributed by atoms with Gasteiger partial charge >= 0.3 is 0 Å². The Bertz CT molecular complexity index is 1500. The Hall–Kier alpha value is -3.44. The first kappa shape index (κ1) is 31.1. The van der Waals surface area contributed by atoms with Crippen molar-refractivity contribution in [2.24, 2.45) is 11.8 Å². The van der Waals surface area contributed by atoms with Gasteiger partial charge in [0.2, 0.25) is 0 Å². The van der Waals surface area contributed by atoms with E-state index >= 15 is 0 Å². The predicted octanol–water partition coefficient (Wildman–Crippen LogP) is 5.07. The normalized spacial score (nSPS) is 16.5. The number of benzene rings is 1. The van der Waals surface area contributed by atoms with Crippen LogP contribution in [0.2, 0.25) is 0 Å². The minimum Gasteiger partial charge on any atom is -0.493 e. The first-order valence-electron chi connectivity index (χ1n) is 12.8. The van der Waals surface area contributed by atoms with Crippen molar-refractivity contribution in [2.75, 3.05) is 23.8 Å². The van der Waals surface area contributed by atoms with Gasteiger partial charge in [0.25, 0.3) is 15.9 Å². The highest BCUT2D eigenvalue weighted by Crippen LogP contribution is 2.38. The van der Waals surface area contributed by atoms with Gasteiger partial charge in [-0.05, 0) is 68.5 Å². The number of nitrogens with zero attached hydrogens (tertiary/aromatic N) is 3. The van der Waals surface area contributed by atoms with Crippen molar-refractivity contribution in [1.82, 2.24) is 14.7 Å². The molecule has 3 aromatic rings. The van der Waals surface area contributed by atoms with E-state index in [-0.39, 0.29) is 40.3 Å². The summed E-state index contributed by atoms with van der Waals surface area (Å²) in [5.41, 5.74) is 6.24. The van der Waals surface area contributed by atoms with Gasteiger partial charge in [0.15, 0.2) is 5.03 Å². The molecule has 1 atom stereocenters. The molecule has 1 saturated heterocycles. The molecule has 0 saturated carbocycles. The number of nitrogens with one attached hydrogen (secondary N) is 1. The number of carbonyl (C=O) groups is 1. The second-order valence-corrected chi connectivity index (χ2v) is 12.6. The quantitative estimate of drug-likeness (QED) is 0.372. The summed E-state index contributed by atoms with van der Waals surface area (Å²) in [6, 6.07) is 11.6. The largest absolute Gasteiger partial charge is 0.493 e. The number of nitrogens with two attached hydrogens (primary N) is 1. The fourth-order valence-corrected chi connectivity index (χ4v) is 5.76. The lowest BCUT2D eigenvalue weighted by Crippen LogP contribution is -2.41. The van der Waals surface area contributed by atoms with Crippen molar-refractivity contribution >= 4 is 40.0 Å². The van der Waals surface area contributed by atoms with Gasteiger partial charge in [0.05, 0.1) is 17.9 Å². The van der Waals surface area contributed by atoms with Crippen LogP contribution in [0.4, 0.5) is 16.0 Å². The van der Waals surface area contributed by atoms with E-state index in [1.54, 1.807) is 12.1 Å². The van der Waals surface area contributed by atoms with E-state index in [1.165, 1.54) is 36.4 Å². The summed E-state index contributed by atoms with van der Waals surface area (Å²) in [6.45, 7) is 11.2. The fourth-order valence-electron chi connectivity index (χ4n) is 4.82. The number of hydrogen-bond donors (Lipinski definition) is 2. The van der Waals surface area contributed by atoms with Gasteiger partial charge in [-0.25, -0.2) is 19.1 Å². The molecule has 4 rings (SSSR count). The number of nitrogen functional groups attached to an aromatic ring is 1. The molecule has 40 heavy (non-hydrogen) atoms. The maximum absolute atomic E-state index is 14.5. The maximum Gasteiger partial charge on any atom is 0.281 e. The van der Waals surface area contributed by atoms with E-state index in [2.05, 4.69) is 16.6 Å². The van der Waals surface area contributed by atoms with Gasteiger partial charge in [-0.1, -0.05) is 26.8 Å². The fraction of sp³-hybridized carbons (Fsp3) is 0.393. The molecule has 0 radical (unpaired) electrons. The highest BCUT2D eigenvalue weighted by atomic mass is 35.5. The molecule has 9 nitrogen and oxygen atoms in total. The van der Waals surface area contributed by atoms with Crippen LogP contribution >= 0.6 is 12.4 Å². The third kappa shape index (κ3) is 7.00. The molecule has 3 heterocycles. The molecule has 0 spiro atoms. The smallest absolute Gasteiger partial charge is 0.281 e. The van der Waals surface area contributed by atoms with Crippen LogP contribution in [0, 0.1) is 17.7 Å². The molecule has 0 bridgehead atoms. The number of pyridine rings is 2. The van der Waals surface area contributed by atoms with Crippen molar-refractivity contribution in [3.63, 3.8) is 0 Å². The molecular weight excluding hydrogens is 557 g/mol. The number of ether oxygens (including phenoxy) is 1. The molecular formula is C28H35ClFN5O4S. The van der Waals surface area contributed by atoms with Crippen LogP contribution in [-0.2, 0) is 10.0 Å². The van der Waals surface area contributed by atoms with Gasteiger partial charge in [0, 0.05) is 23.7 Å². The third-order valence-electron chi connectivity index (χ3n) is 6.45. The van der Waals surface area contributed by atoms with E-state index < -0.39 is 21.7 Å². The van der Waals surface area contributed by atoms with Crippen molar-refractivity contribution in [1.29, 1.82) is 0 Å². The third-order valence-corrected chi connectivity index (χ3v) is 7.68. The summed E-state index contributed by atoms with van der Waals surface area (Å²) < 4.78 is 48.2. The molecule has 216 valence electrons. The van der Waals surface area contributed by atoms with Gasteiger partial charge in [-0.2, -0.15) is 8.42 Å². The van der Waals surface area contributed by atoms with E-state index in [4.69, 9.17) is 15.5 Å². The Kier molecular flexibility index (Phi) is 9.31. The van der Waals surface area contributed by atoms with Crippen LogP contribution < -0.4 is 20.1 Å². The van der Waals surface area contributed by atoms with Crippen LogP contribution in [0.5, 0.6) is 5.75 Å². The number of hydrogen-bond acceptors (Lipinski definition) is 8. The second-order valence-electron chi connectivity index (χ2n) is 11.0. The summed E-state index contributed by atoms with van der Waals surface area (Å²) in [7, 11) is -4.30. The zero-order valence-corrected chi connectivity index (χ0v) is 24.8. The first-order chi connectivity index (χ1) is 18.2. The minimum absolute atomic E-state index is 0. The lowest BCUT2D eigenvalue weighted by molar-refractivity contribution is 0.0981. The number of halogens is 2. The Morgan fingerprint density at radius 2 is 1.93 bits per heavy atom. The number of rotatable bonds is 8. The maximum atomic E-state index is 14.5. The second kappa shape index (κ2) is 12.0. The summed E-state index contributed by atoms with van der Waals surface area (Å²) in [5.74, 6) is -0.0688. The predicted molar refractivity (Wildman–Crippen MR) is 156 cm³/mol. The van der Waals surface area contributed by atoms with Crippen molar-refractivity contribution in [3.8, 4) is 17.0 Å². The summed E-state index contributed by atoms with van der Waals surface area (Å²) in [5, 5.41) is -0.370. The highest BCUT2D eigenvalue weighted by Gasteiger charge is 2.39. The van der Waals surface area contributed by atoms with Crippen LogP contribution in [0.3, 0.4) is 0 Å². The van der Waals surface area contributed by atoms with Gasteiger partial charge < -0.3 is 15.4 Å². The standard InChI is InChI=1S/C28H34FN5O4S.ClH/c1-17(2)16-38-21-12-19(11-20(29)13-21)23-10-9-22(26(31-23)34-15-18(3)14-28(34,4)5)27(35)33-39(36,37)25-8-6-7-24(30)32-25;/h6-13,17-18H,14-16H2,1-5H3,(H2,30,32)(H,33,35);1H/t18-;/m1./s1. The Balaban J connectivity index is 0.00000441. The summed E-state index contributed by atoms with van der Waals surface area (Å²) >= 11 is 0. The number of aromatic nitrogens is 2. The lowest BCUT2D eigenvalue weighted by atomic mass is 9.97. The Labute approximate surface area is 240 Å². The Morgan fingerprint density at radius 3 is 2.55 bits per heavy atom. The highest BCUT2D eigenvalue weighted by molar-refractivity contribution is 7.90. The van der Waals surface area contributed by atoms with E-state index in [0.29, 0.717) is 41.9 Å². The molecule has 12 heteroatoms. The SMILES string of the molecule is CC(C)COc1cc(F)cc(-c2ccc(C(=O)NS(=O)(=O)c3cccc(N)n3)c(N3C[C@H](C)CC3(C)C)n2)c1.Cl. The first-order valence-corrected chi connectivity index (χ1v) is 14.3. The molecule has 1 fully saturated rings. The number of anilines is 2. The Morgan fingerprint density at radius 1 is 1.20 bits per heavy atom. The molecule has 1 aliphatic heterocycles. The van der Waals surface area contributed by atoms with E-state index in [0.717, 1.165) is 6.42 Å². The van der Waals surface area contributed by atoms with Crippen LogP contribution in [0.25, 0.3) is 11.3 Å². The topological polar surface area (TPSA) is 128 Å². The monoisotopic (exact) mass is 591 g/mol. The summed E-state index contributed by atoms with van der Waals surface area (Å²) in [4.78, 5) is 24.0. The zero-order chi connectivity index (χ0) is 28.5. The number of sulfonamides is 1. The molecule has 0 unspecified atom stereocenters. The molecule has 1 amide bonds. The molecule has 1 aromatic carbocycles. The van der Waals surface area contributed by atoms with Crippen LogP contribution in [0.1, 0.15) is 51.4 Å². The van der Waals surface area contributed by atoms with Crippen molar-refractivity contribution in [3.05, 3.63) is 59.9 Å². The average Bonchev–Trinajstić information content (AvgIpc) is 3.13. The molecule has 0 aliphatic carbocycles. The zero-order valence-electron chi connectivity index (χ0n) is 23.1. The van der Waals surface area contributed by atoms with E-state index in [9.17, 15) is 17.6 Å². The molecule has 3 N–H and O–H groups in total.